The summed E-state index contributed by atoms with van der Waals surface area (Å²) >= 11 is 1.18. The highest BCUT2D eigenvalue weighted by Crippen LogP contribution is 2.25. The zero-order chi connectivity index (χ0) is 20.0. The van der Waals surface area contributed by atoms with Gasteiger partial charge in [0.1, 0.15) is 11.0 Å². The van der Waals surface area contributed by atoms with Gasteiger partial charge in [0.15, 0.2) is 0 Å². The molecule has 1 amide bonds. The average molecular weight is 408 g/mol. The molecule has 0 spiro atoms. The van der Waals surface area contributed by atoms with Gasteiger partial charge in [0.2, 0.25) is 5.95 Å². The van der Waals surface area contributed by atoms with E-state index in [0.29, 0.717) is 18.7 Å². The number of amides is 1. The first kappa shape index (κ1) is 18.0. The van der Waals surface area contributed by atoms with Crippen molar-refractivity contribution in [2.24, 2.45) is 7.05 Å². The minimum absolute atomic E-state index is 0.146. The molecule has 29 heavy (non-hydrogen) atoms. The van der Waals surface area contributed by atoms with Crippen LogP contribution in [0.25, 0.3) is 22.1 Å². The predicted molar refractivity (Wildman–Crippen MR) is 112 cm³/mol. The number of aliphatic hydroxyl groups is 1. The number of nitrogens with zero attached hydrogens (tertiary/aromatic N) is 5. The fourth-order valence-corrected chi connectivity index (χ4v) is 4.27. The molecule has 0 unspecified atom stereocenters. The second kappa shape index (κ2) is 7.09. The summed E-state index contributed by atoms with van der Waals surface area (Å²) in [6.07, 6.45) is 0.440. The zero-order valence-corrected chi connectivity index (χ0v) is 16.7. The van der Waals surface area contributed by atoms with Crippen LogP contribution in [0.2, 0.25) is 0 Å². The highest BCUT2D eigenvalue weighted by Gasteiger charge is 2.24. The summed E-state index contributed by atoms with van der Waals surface area (Å²) in [4.78, 5) is 19.4. The first-order valence-electron chi connectivity index (χ1n) is 9.47. The van der Waals surface area contributed by atoms with Crippen molar-refractivity contribution in [1.29, 1.82) is 0 Å². The highest BCUT2D eigenvalue weighted by atomic mass is 32.1. The Morgan fingerprint density at radius 1 is 1.21 bits per heavy atom. The van der Waals surface area contributed by atoms with Crippen LogP contribution >= 0.6 is 11.7 Å². The molecule has 1 atom stereocenters. The maximum absolute atomic E-state index is 12.7. The van der Waals surface area contributed by atoms with E-state index in [1.807, 2.05) is 48.0 Å². The largest absolute Gasteiger partial charge is 0.391 e. The number of anilines is 1. The number of imidazole rings is 1. The van der Waals surface area contributed by atoms with E-state index in [1.54, 1.807) is 0 Å². The summed E-state index contributed by atoms with van der Waals surface area (Å²) in [6.45, 7) is 1.79. The van der Waals surface area contributed by atoms with Crippen LogP contribution in [0.5, 0.6) is 0 Å². The number of hydrogen-bond acceptors (Lipinski definition) is 7. The lowest BCUT2D eigenvalue weighted by Gasteiger charge is -2.16. The van der Waals surface area contributed by atoms with Crippen molar-refractivity contribution >= 4 is 45.7 Å². The molecule has 2 aromatic carbocycles. The first-order chi connectivity index (χ1) is 14.1. The molecule has 148 valence electrons. The number of β-amino-alcohol motifs (C(OH)–C–C–N with tert-alkyl or cyclic N) is 1. The van der Waals surface area contributed by atoms with E-state index in [1.165, 1.54) is 11.7 Å². The predicted octanol–water partition coefficient (Wildman–Crippen LogP) is 2.08. The van der Waals surface area contributed by atoms with Crippen molar-refractivity contribution in [3.63, 3.8) is 0 Å². The van der Waals surface area contributed by atoms with E-state index in [2.05, 4.69) is 19.0 Å². The zero-order valence-electron chi connectivity index (χ0n) is 15.9. The average Bonchev–Trinajstić information content (AvgIpc) is 3.44. The molecular weight excluding hydrogens is 388 g/mol. The highest BCUT2D eigenvalue weighted by molar-refractivity contribution is 7.00. The van der Waals surface area contributed by atoms with Crippen LogP contribution in [0.15, 0.2) is 36.4 Å². The van der Waals surface area contributed by atoms with Gasteiger partial charge in [0, 0.05) is 32.2 Å². The molecule has 1 aliphatic heterocycles. The van der Waals surface area contributed by atoms with Gasteiger partial charge in [-0.2, -0.15) is 8.75 Å². The fourth-order valence-electron chi connectivity index (χ4n) is 3.76. The molecule has 8 nitrogen and oxygen atoms in total. The summed E-state index contributed by atoms with van der Waals surface area (Å²) in [7, 11) is 1.96. The number of carbonyl (C=O) groups excluding carboxylic acids is 1. The van der Waals surface area contributed by atoms with Crippen LogP contribution in [0.3, 0.4) is 0 Å². The van der Waals surface area contributed by atoms with Gasteiger partial charge in [0.05, 0.1) is 28.9 Å². The van der Waals surface area contributed by atoms with Crippen LogP contribution < -0.4 is 10.2 Å². The van der Waals surface area contributed by atoms with E-state index in [4.69, 9.17) is 4.98 Å². The van der Waals surface area contributed by atoms with Gasteiger partial charge in [-0.15, -0.1) is 0 Å². The lowest BCUT2D eigenvalue weighted by Crippen LogP contribution is -2.24. The third kappa shape index (κ3) is 3.32. The van der Waals surface area contributed by atoms with Gasteiger partial charge >= 0.3 is 0 Å². The van der Waals surface area contributed by atoms with E-state index in [-0.39, 0.29) is 12.0 Å². The number of fused-ring (bicyclic) bond motifs is 2. The molecule has 2 aromatic heterocycles. The van der Waals surface area contributed by atoms with Gasteiger partial charge in [-0.1, -0.05) is 6.07 Å². The smallest absolute Gasteiger partial charge is 0.251 e. The first-order valence-corrected chi connectivity index (χ1v) is 10.2. The van der Waals surface area contributed by atoms with Gasteiger partial charge in [-0.3, -0.25) is 4.79 Å². The number of aliphatic hydroxyl groups excluding tert-OH is 1. The maximum atomic E-state index is 12.7. The lowest BCUT2D eigenvalue weighted by atomic mass is 10.1. The quantitative estimate of drug-likeness (QED) is 0.537. The Labute approximate surface area is 171 Å². The topological polar surface area (TPSA) is 96.2 Å². The number of hydrogen-bond donors (Lipinski definition) is 2. The van der Waals surface area contributed by atoms with Crippen LogP contribution in [-0.4, -0.2) is 48.5 Å². The van der Waals surface area contributed by atoms with Crippen LogP contribution in [0.1, 0.15) is 22.3 Å². The summed E-state index contributed by atoms with van der Waals surface area (Å²) in [5.74, 6) is 0.673. The Kier molecular flexibility index (Phi) is 4.40. The fraction of sp³-hybridized carbons (Fsp3) is 0.300. The van der Waals surface area contributed by atoms with Crippen molar-refractivity contribution in [3.05, 3.63) is 47.5 Å². The van der Waals surface area contributed by atoms with E-state index < -0.39 is 0 Å². The van der Waals surface area contributed by atoms with Crippen molar-refractivity contribution < 1.29 is 9.90 Å². The van der Waals surface area contributed by atoms with Crippen LogP contribution in [0, 0.1) is 0 Å². The van der Waals surface area contributed by atoms with Gasteiger partial charge in [0.25, 0.3) is 5.91 Å². The molecule has 1 saturated heterocycles. The molecule has 1 aliphatic rings. The minimum atomic E-state index is -0.310. The molecule has 0 aliphatic carbocycles. The van der Waals surface area contributed by atoms with Crippen molar-refractivity contribution in [2.75, 3.05) is 18.0 Å². The Balaban J connectivity index is 1.34. The van der Waals surface area contributed by atoms with Crippen molar-refractivity contribution in [2.45, 2.75) is 19.1 Å². The number of aromatic nitrogens is 4. The SMILES string of the molecule is Cn1c(N2CC[C@H](O)C2)nc2cc(C(=O)NCc3ccc4nsnc4c3)ccc21. The Morgan fingerprint density at radius 2 is 2.07 bits per heavy atom. The number of nitrogens with one attached hydrogen (secondary N) is 1. The summed E-state index contributed by atoms with van der Waals surface area (Å²) < 4.78 is 10.4. The van der Waals surface area contributed by atoms with E-state index >= 15 is 0 Å². The third-order valence-electron chi connectivity index (χ3n) is 5.34. The molecule has 3 heterocycles. The molecule has 5 rings (SSSR count). The van der Waals surface area contributed by atoms with Crippen molar-refractivity contribution in [3.8, 4) is 0 Å². The molecular formula is C20H20N6O2S. The second-order valence-electron chi connectivity index (χ2n) is 7.33. The number of rotatable bonds is 4. The van der Waals surface area contributed by atoms with E-state index in [0.717, 1.165) is 46.5 Å². The molecule has 2 N–H and O–H groups in total. The molecule has 0 bridgehead atoms. The Bertz CT molecular complexity index is 1220. The van der Waals surface area contributed by atoms with E-state index in [9.17, 15) is 9.90 Å². The van der Waals surface area contributed by atoms with Gasteiger partial charge < -0.3 is 19.9 Å². The summed E-state index contributed by atoms with van der Waals surface area (Å²) in [6, 6.07) is 11.3. The minimum Gasteiger partial charge on any atom is -0.391 e. The molecule has 0 radical (unpaired) electrons. The maximum Gasteiger partial charge on any atom is 0.251 e. The Hall–Kier alpha value is -3.04. The molecule has 0 saturated carbocycles. The lowest BCUT2D eigenvalue weighted by molar-refractivity contribution is 0.0951. The molecule has 1 fully saturated rings. The number of carbonyl (C=O) groups is 1. The normalized spacial score (nSPS) is 16.8. The second-order valence-corrected chi connectivity index (χ2v) is 7.86. The standard InChI is InChI=1S/C20H20N6O2S/c1-25-18-5-3-13(9-17(18)22-20(25)26-7-6-14(27)11-26)19(28)21-10-12-2-4-15-16(8-12)24-29-23-15/h2-5,8-9,14,27H,6-7,10-11H2,1H3,(H,21,28)/t14-/m0/s1. The van der Waals surface area contributed by atoms with Crippen LogP contribution in [-0.2, 0) is 13.6 Å². The molecule has 4 aromatic rings. The van der Waals surface area contributed by atoms with Crippen LogP contribution in [0.4, 0.5) is 5.95 Å². The van der Waals surface area contributed by atoms with Gasteiger partial charge in [-0.05, 0) is 42.3 Å². The monoisotopic (exact) mass is 408 g/mol. The summed E-state index contributed by atoms with van der Waals surface area (Å²) in [5.41, 5.74) is 4.99. The molecule has 9 heteroatoms. The van der Waals surface area contributed by atoms with Crippen molar-refractivity contribution in [1.82, 2.24) is 23.6 Å². The Morgan fingerprint density at radius 3 is 2.90 bits per heavy atom. The third-order valence-corrected chi connectivity index (χ3v) is 5.89. The summed E-state index contributed by atoms with van der Waals surface area (Å²) in [5, 5.41) is 12.8. The number of aryl methyl sites for hydroxylation is 1. The number of benzene rings is 2. The van der Waals surface area contributed by atoms with Gasteiger partial charge in [-0.25, -0.2) is 4.98 Å².